The lowest BCUT2D eigenvalue weighted by atomic mass is 10.1. The van der Waals surface area contributed by atoms with Crippen LogP contribution in [0.5, 0.6) is 11.5 Å². The minimum atomic E-state index is -3.88. The topological polar surface area (TPSA) is 105 Å². The van der Waals surface area contributed by atoms with Crippen LogP contribution in [0.3, 0.4) is 0 Å². The molecular weight excluding hydrogens is 518 g/mol. The molecule has 0 bridgehead atoms. The summed E-state index contributed by atoms with van der Waals surface area (Å²) in [5, 5.41) is 3.33. The zero-order valence-electron chi connectivity index (χ0n) is 22.0. The minimum Gasteiger partial charge on any atom is -0.493 e. The van der Waals surface area contributed by atoms with Gasteiger partial charge < -0.3 is 19.7 Å². The van der Waals surface area contributed by atoms with Crippen molar-refractivity contribution in [2.75, 3.05) is 37.9 Å². The second kappa shape index (κ2) is 14.1. The number of ether oxygens (including phenoxy) is 2. The lowest BCUT2D eigenvalue weighted by Gasteiger charge is -2.33. The smallest absolute Gasteiger partial charge is 0.244 e. The molecule has 2 aromatic carbocycles. The van der Waals surface area contributed by atoms with E-state index in [1.165, 1.54) is 31.3 Å². The summed E-state index contributed by atoms with van der Waals surface area (Å²) in [7, 11) is -0.972. The van der Waals surface area contributed by atoms with Crippen LogP contribution in [-0.2, 0) is 26.2 Å². The maximum Gasteiger partial charge on any atom is 0.244 e. The van der Waals surface area contributed by atoms with Gasteiger partial charge in [0.1, 0.15) is 12.6 Å². The number of rotatable bonds is 14. The molecule has 0 aliphatic carbocycles. The molecule has 204 valence electrons. The number of halogens is 1. The van der Waals surface area contributed by atoms with Gasteiger partial charge in [-0.25, -0.2) is 8.42 Å². The number of unbranched alkanes of at least 4 members (excludes halogenated alkanes) is 1. The molecule has 0 saturated heterocycles. The van der Waals surface area contributed by atoms with Gasteiger partial charge in [-0.15, -0.1) is 0 Å². The number of anilines is 1. The van der Waals surface area contributed by atoms with Gasteiger partial charge in [0, 0.05) is 24.2 Å². The van der Waals surface area contributed by atoms with Gasteiger partial charge in [0.15, 0.2) is 11.5 Å². The highest BCUT2D eigenvalue weighted by atomic mass is 35.5. The first-order valence-electron chi connectivity index (χ1n) is 12.1. The molecule has 37 heavy (non-hydrogen) atoms. The summed E-state index contributed by atoms with van der Waals surface area (Å²) in [6.07, 6.45) is 3.07. The van der Waals surface area contributed by atoms with Gasteiger partial charge in [-0.05, 0) is 36.6 Å². The van der Waals surface area contributed by atoms with Crippen molar-refractivity contribution in [1.82, 2.24) is 10.2 Å². The van der Waals surface area contributed by atoms with E-state index in [4.69, 9.17) is 21.1 Å². The number of nitrogens with zero attached hydrogens (tertiary/aromatic N) is 2. The Bertz CT molecular complexity index is 1170. The van der Waals surface area contributed by atoms with Gasteiger partial charge in [0.2, 0.25) is 21.8 Å². The summed E-state index contributed by atoms with van der Waals surface area (Å²) in [5.41, 5.74) is 0.876. The van der Waals surface area contributed by atoms with Crippen LogP contribution in [0.25, 0.3) is 0 Å². The molecule has 0 fully saturated rings. The van der Waals surface area contributed by atoms with Gasteiger partial charge in [-0.2, -0.15) is 0 Å². The number of carbonyl (C=O) groups excluding carboxylic acids is 2. The van der Waals surface area contributed by atoms with Gasteiger partial charge >= 0.3 is 0 Å². The predicted octanol–water partition coefficient (Wildman–Crippen LogP) is 3.85. The molecule has 2 amide bonds. The highest BCUT2D eigenvalue weighted by Crippen LogP contribution is 2.32. The maximum atomic E-state index is 13.7. The molecule has 1 atom stereocenters. The van der Waals surface area contributed by atoms with Gasteiger partial charge in [-0.3, -0.25) is 13.9 Å². The summed E-state index contributed by atoms with van der Waals surface area (Å²) in [5.74, 6) is -0.108. The number of carbonyl (C=O) groups is 2. The standard InChI is InChI=1S/C26H36ClN3O6S/c1-6-8-15-28-26(32)22(7-2)29(17-19-11-9-10-12-21(19)27)25(31)18-30(37(5,33)34)20-13-14-23(35-3)24(16-20)36-4/h9-14,16,22H,6-8,15,17-18H2,1-5H3,(H,28,32)/t22-/m0/s1. The Labute approximate surface area is 224 Å². The lowest BCUT2D eigenvalue weighted by Crippen LogP contribution is -2.52. The molecule has 0 aliphatic rings. The summed E-state index contributed by atoms with van der Waals surface area (Å²) in [6, 6.07) is 10.8. The number of amides is 2. The van der Waals surface area contributed by atoms with E-state index >= 15 is 0 Å². The minimum absolute atomic E-state index is 0.0434. The van der Waals surface area contributed by atoms with Crippen molar-refractivity contribution in [3.05, 3.63) is 53.1 Å². The van der Waals surface area contributed by atoms with Crippen molar-refractivity contribution in [2.45, 2.75) is 45.7 Å². The monoisotopic (exact) mass is 553 g/mol. The van der Waals surface area contributed by atoms with Crippen LogP contribution in [-0.4, -0.2) is 64.7 Å². The number of methoxy groups -OCH3 is 2. The molecule has 9 nitrogen and oxygen atoms in total. The fourth-order valence-electron chi connectivity index (χ4n) is 3.83. The highest BCUT2D eigenvalue weighted by Gasteiger charge is 2.32. The van der Waals surface area contributed by atoms with Crippen molar-refractivity contribution in [2.24, 2.45) is 0 Å². The summed E-state index contributed by atoms with van der Waals surface area (Å²) < 4.78 is 37.1. The Morgan fingerprint density at radius 1 is 1.05 bits per heavy atom. The molecular formula is C26H36ClN3O6S. The number of nitrogens with one attached hydrogen (secondary N) is 1. The Morgan fingerprint density at radius 3 is 2.30 bits per heavy atom. The van der Waals surface area contributed by atoms with Crippen LogP contribution in [0.2, 0.25) is 5.02 Å². The largest absolute Gasteiger partial charge is 0.493 e. The zero-order valence-corrected chi connectivity index (χ0v) is 23.6. The summed E-state index contributed by atoms with van der Waals surface area (Å²) in [4.78, 5) is 28.2. The van der Waals surface area contributed by atoms with Crippen LogP contribution in [0.1, 0.15) is 38.7 Å². The molecule has 0 aliphatic heterocycles. The predicted molar refractivity (Wildman–Crippen MR) is 146 cm³/mol. The van der Waals surface area contributed by atoms with Gasteiger partial charge in [-0.1, -0.05) is 50.1 Å². The van der Waals surface area contributed by atoms with Crippen LogP contribution in [0.15, 0.2) is 42.5 Å². The third-order valence-corrected chi connectivity index (χ3v) is 7.36. The first-order valence-corrected chi connectivity index (χ1v) is 14.3. The van der Waals surface area contributed by atoms with E-state index in [0.717, 1.165) is 23.4 Å². The molecule has 0 unspecified atom stereocenters. The van der Waals surface area contributed by atoms with Gasteiger partial charge in [0.05, 0.1) is 26.2 Å². The van der Waals surface area contributed by atoms with Crippen LogP contribution in [0.4, 0.5) is 5.69 Å². The lowest BCUT2D eigenvalue weighted by molar-refractivity contribution is -0.140. The molecule has 0 radical (unpaired) electrons. The molecule has 0 aromatic heterocycles. The fourth-order valence-corrected chi connectivity index (χ4v) is 4.87. The second-order valence-electron chi connectivity index (χ2n) is 8.49. The van der Waals surface area contributed by atoms with Crippen LogP contribution in [0, 0.1) is 0 Å². The van der Waals surface area contributed by atoms with Crippen molar-refractivity contribution in [3.63, 3.8) is 0 Å². The molecule has 2 rings (SSSR count). The van der Waals surface area contributed by atoms with E-state index in [1.807, 2.05) is 6.92 Å². The van der Waals surface area contributed by atoms with Crippen molar-refractivity contribution < 1.29 is 27.5 Å². The van der Waals surface area contributed by atoms with E-state index in [1.54, 1.807) is 37.3 Å². The van der Waals surface area contributed by atoms with Crippen molar-refractivity contribution >= 4 is 39.1 Å². The number of sulfonamides is 1. The van der Waals surface area contributed by atoms with Crippen LogP contribution >= 0.6 is 11.6 Å². The first kappa shape index (κ1) is 30.2. The highest BCUT2D eigenvalue weighted by molar-refractivity contribution is 7.92. The second-order valence-corrected chi connectivity index (χ2v) is 10.8. The molecule has 0 spiro atoms. The first-order chi connectivity index (χ1) is 17.6. The maximum absolute atomic E-state index is 13.7. The average molecular weight is 554 g/mol. The summed E-state index contributed by atoms with van der Waals surface area (Å²) >= 11 is 6.37. The van der Waals surface area contributed by atoms with E-state index in [2.05, 4.69) is 5.32 Å². The third-order valence-electron chi connectivity index (χ3n) is 5.85. The Hall–Kier alpha value is -2.98. The van der Waals surface area contributed by atoms with E-state index in [9.17, 15) is 18.0 Å². The third kappa shape index (κ3) is 8.26. The average Bonchev–Trinajstić information content (AvgIpc) is 2.87. The van der Waals surface area contributed by atoms with E-state index in [-0.39, 0.29) is 18.1 Å². The molecule has 11 heteroatoms. The summed E-state index contributed by atoms with van der Waals surface area (Å²) in [6.45, 7) is 3.84. The Morgan fingerprint density at radius 2 is 1.73 bits per heavy atom. The van der Waals surface area contributed by atoms with Gasteiger partial charge in [0.25, 0.3) is 0 Å². The fraction of sp³-hybridized carbons (Fsp3) is 0.462. The van der Waals surface area contributed by atoms with Crippen molar-refractivity contribution in [1.29, 1.82) is 0 Å². The van der Waals surface area contributed by atoms with Crippen molar-refractivity contribution in [3.8, 4) is 11.5 Å². The number of hydrogen-bond acceptors (Lipinski definition) is 6. The number of benzene rings is 2. The zero-order chi connectivity index (χ0) is 27.6. The molecule has 0 saturated carbocycles. The Balaban J connectivity index is 2.46. The molecule has 0 heterocycles. The van der Waals surface area contributed by atoms with E-state index < -0.39 is 28.5 Å². The molecule has 1 N–H and O–H groups in total. The van der Waals surface area contributed by atoms with E-state index in [0.29, 0.717) is 35.1 Å². The normalized spacial score (nSPS) is 11.9. The quantitative estimate of drug-likeness (QED) is 0.356. The molecule has 2 aromatic rings. The SMILES string of the molecule is CCCCNC(=O)[C@H](CC)N(Cc1ccccc1Cl)C(=O)CN(c1ccc(OC)c(OC)c1)S(C)(=O)=O. The Kier molecular flexibility index (Phi) is 11.5. The number of hydrogen-bond donors (Lipinski definition) is 1. The van der Waals surface area contributed by atoms with Crippen LogP contribution < -0.4 is 19.1 Å².